The Hall–Kier alpha value is -0.830. The summed E-state index contributed by atoms with van der Waals surface area (Å²) >= 11 is 0. The van der Waals surface area contributed by atoms with Gasteiger partial charge in [-0.15, -0.1) is 0 Å². The fourth-order valence-electron chi connectivity index (χ4n) is 1.24. The average Bonchev–Trinajstić information content (AvgIpc) is 2.33. The van der Waals surface area contributed by atoms with E-state index in [2.05, 4.69) is 18.9 Å². The van der Waals surface area contributed by atoms with Crippen molar-refractivity contribution < 1.29 is 5.11 Å². The van der Waals surface area contributed by atoms with Gasteiger partial charge in [0.05, 0.1) is 12.6 Å². The predicted octanol–water partition coefficient (Wildman–Crippen LogP) is 1.39. The minimum atomic E-state index is -0.331. The molecule has 1 unspecified atom stereocenters. The van der Waals surface area contributed by atoms with Gasteiger partial charge in [-0.3, -0.25) is 4.68 Å². The molecule has 3 heteroatoms. The van der Waals surface area contributed by atoms with Crippen LogP contribution in [0.15, 0.2) is 12.3 Å². The molecule has 1 heterocycles. The van der Waals surface area contributed by atoms with E-state index in [-0.39, 0.29) is 6.10 Å². The van der Waals surface area contributed by atoms with E-state index < -0.39 is 0 Å². The Morgan fingerprint density at radius 2 is 2.17 bits per heavy atom. The molecule has 1 rings (SSSR count). The van der Waals surface area contributed by atoms with Gasteiger partial charge in [-0.25, -0.2) is 0 Å². The lowest BCUT2D eigenvalue weighted by Gasteiger charge is -2.11. The molecule has 1 aromatic rings. The van der Waals surface area contributed by atoms with Crippen molar-refractivity contribution in [3.63, 3.8) is 0 Å². The molecule has 0 saturated carbocycles. The molecule has 0 aliphatic carbocycles. The van der Waals surface area contributed by atoms with Crippen molar-refractivity contribution in [2.45, 2.75) is 39.3 Å². The first-order chi connectivity index (χ1) is 5.61. The maximum absolute atomic E-state index is 9.17. The lowest BCUT2D eigenvalue weighted by Crippen LogP contribution is -2.15. The van der Waals surface area contributed by atoms with Crippen LogP contribution < -0.4 is 0 Å². The van der Waals surface area contributed by atoms with Crippen LogP contribution in [0.3, 0.4) is 0 Å². The van der Waals surface area contributed by atoms with Gasteiger partial charge in [0.2, 0.25) is 0 Å². The second kappa shape index (κ2) is 3.72. The highest BCUT2D eigenvalue weighted by Gasteiger charge is 2.07. The first-order valence-corrected chi connectivity index (χ1v) is 4.31. The van der Waals surface area contributed by atoms with Crippen LogP contribution in [0, 0.1) is 0 Å². The molecule has 68 valence electrons. The fraction of sp³-hybridized carbons (Fsp3) is 0.667. The average molecular weight is 168 g/mol. The molecule has 0 bridgehead atoms. The molecule has 0 radical (unpaired) electrons. The van der Waals surface area contributed by atoms with E-state index >= 15 is 0 Å². The molecular weight excluding hydrogens is 152 g/mol. The minimum Gasteiger partial charge on any atom is -0.391 e. The van der Waals surface area contributed by atoms with Gasteiger partial charge in [0.25, 0.3) is 0 Å². The van der Waals surface area contributed by atoms with Crippen molar-refractivity contribution in [3.05, 3.63) is 18.0 Å². The SMILES string of the molecule is CC(O)Cn1nccc1C(C)C. The van der Waals surface area contributed by atoms with Crippen molar-refractivity contribution in [2.75, 3.05) is 0 Å². The van der Waals surface area contributed by atoms with Gasteiger partial charge in [-0.1, -0.05) is 13.8 Å². The van der Waals surface area contributed by atoms with Crippen LogP contribution in [0.1, 0.15) is 32.4 Å². The topological polar surface area (TPSA) is 38.0 Å². The Balaban J connectivity index is 2.77. The van der Waals surface area contributed by atoms with Gasteiger partial charge in [0, 0.05) is 11.9 Å². The van der Waals surface area contributed by atoms with Crippen LogP contribution in [-0.4, -0.2) is 21.0 Å². The van der Waals surface area contributed by atoms with E-state index in [1.54, 1.807) is 13.1 Å². The number of aliphatic hydroxyl groups is 1. The Morgan fingerprint density at radius 3 is 2.67 bits per heavy atom. The van der Waals surface area contributed by atoms with Crippen molar-refractivity contribution >= 4 is 0 Å². The highest BCUT2D eigenvalue weighted by Crippen LogP contribution is 2.13. The Morgan fingerprint density at radius 1 is 1.50 bits per heavy atom. The van der Waals surface area contributed by atoms with Gasteiger partial charge in [-0.2, -0.15) is 5.10 Å². The Bertz CT molecular complexity index is 240. The first-order valence-electron chi connectivity index (χ1n) is 4.31. The maximum atomic E-state index is 9.17. The smallest absolute Gasteiger partial charge is 0.0708 e. The standard InChI is InChI=1S/C9H16N2O/c1-7(2)9-4-5-10-11(9)6-8(3)12/h4-5,7-8,12H,6H2,1-3H3. The molecule has 0 fully saturated rings. The lowest BCUT2D eigenvalue weighted by molar-refractivity contribution is 0.166. The highest BCUT2D eigenvalue weighted by molar-refractivity contribution is 5.05. The molecule has 1 atom stereocenters. The molecule has 0 aliphatic rings. The van der Waals surface area contributed by atoms with Crippen molar-refractivity contribution in [1.29, 1.82) is 0 Å². The van der Waals surface area contributed by atoms with Gasteiger partial charge in [0.1, 0.15) is 0 Å². The number of aliphatic hydroxyl groups excluding tert-OH is 1. The maximum Gasteiger partial charge on any atom is 0.0708 e. The van der Waals surface area contributed by atoms with Gasteiger partial charge >= 0.3 is 0 Å². The molecule has 12 heavy (non-hydrogen) atoms. The summed E-state index contributed by atoms with van der Waals surface area (Å²) < 4.78 is 1.86. The summed E-state index contributed by atoms with van der Waals surface area (Å²) in [5, 5.41) is 13.3. The normalized spacial score (nSPS) is 13.8. The van der Waals surface area contributed by atoms with Crippen LogP contribution in [0.4, 0.5) is 0 Å². The third-order valence-electron chi connectivity index (χ3n) is 1.78. The molecule has 0 aliphatic heterocycles. The number of hydrogen-bond donors (Lipinski definition) is 1. The molecule has 1 N–H and O–H groups in total. The second-order valence-corrected chi connectivity index (χ2v) is 3.44. The molecule has 1 aromatic heterocycles. The molecule has 0 saturated heterocycles. The van der Waals surface area contributed by atoms with Crippen LogP contribution >= 0.6 is 0 Å². The van der Waals surface area contributed by atoms with E-state index in [4.69, 9.17) is 5.11 Å². The van der Waals surface area contributed by atoms with Crippen molar-refractivity contribution in [2.24, 2.45) is 0 Å². The number of aromatic nitrogens is 2. The summed E-state index contributed by atoms with van der Waals surface area (Å²) in [5.41, 5.74) is 1.18. The quantitative estimate of drug-likeness (QED) is 0.740. The molecule has 0 amide bonds. The summed E-state index contributed by atoms with van der Waals surface area (Å²) in [6, 6.07) is 1.99. The van der Waals surface area contributed by atoms with Gasteiger partial charge in [-0.05, 0) is 18.9 Å². The molecule has 0 aromatic carbocycles. The lowest BCUT2D eigenvalue weighted by atomic mass is 10.1. The molecule has 3 nitrogen and oxygen atoms in total. The first kappa shape index (κ1) is 9.26. The van der Waals surface area contributed by atoms with Gasteiger partial charge < -0.3 is 5.11 Å². The van der Waals surface area contributed by atoms with Crippen molar-refractivity contribution in [3.8, 4) is 0 Å². The zero-order chi connectivity index (χ0) is 9.14. The van der Waals surface area contributed by atoms with Crippen LogP contribution in [0.5, 0.6) is 0 Å². The highest BCUT2D eigenvalue weighted by atomic mass is 16.3. The zero-order valence-electron chi connectivity index (χ0n) is 7.86. The number of hydrogen-bond acceptors (Lipinski definition) is 2. The zero-order valence-corrected chi connectivity index (χ0v) is 7.86. The molecular formula is C9H16N2O. The van der Waals surface area contributed by atoms with E-state index in [0.717, 1.165) is 0 Å². The molecule has 0 spiro atoms. The predicted molar refractivity (Wildman–Crippen MR) is 48.0 cm³/mol. The van der Waals surface area contributed by atoms with E-state index in [1.807, 2.05) is 10.7 Å². The van der Waals surface area contributed by atoms with E-state index in [1.165, 1.54) is 5.69 Å². The monoisotopic (exact) mass is 168 g/mol. The summed E-state index contributed by atoms with van der Waals surface area (Å²) in [6.45, 7) is 6.59. The summed E-state index contributed by atoms with van der Waals surface area (Å²) in [5.74, 6) is 0.464. The van der Waals surface area contributed by atoms with E-state index in [9.17, 15) is 0 Å². The third-order valence-corrected chi connectivity index (χ3v) is 1.78. The van der Waals surface area contributed by atoms with Gasteiger partial charge in [0.15, 0.2) is 0 Å². The fourth-order valence-corrected chi connectivity index (χ4v) is 1.24. The number of nitrogens with zero attached hydrogens (tertiary/aromatic N) is 2. The van der Waals surface area contributed by atoms with Crippen LogP contribution in [0.25, 0.3) is 0 Å². The van der Waals surface area contributed by atoms with Crippen LogP contribution in [0.2, 0.25) is 0 Å². The number of rotatable bonds is 3. The summed E-state index contributed by atoms with van der Waals surface area (Å²) in [7, 11) is 0. The summed E-state index contributed by atoms with van der Waals surface area (Å²) in [6.07, 6.45) is 1.44. The largest absolute Gasteiger partial charge is 0.391 e. The van der Waals surface area contributed by atoms with Crippen molar-refractivity contribution in [1.82, 2.24) is 9.78 Å². The Kier molecular flexibility index (Phi) is 2.87. The summed E-state index contributed by atoms with van der Waals surface area (Å²) in [4.78, 5) is 0. The van der Waals surface area contributed by atoms with Crippen LogP contribution in [-0.2, 0) is 6.54 Å². The third kappa shape index (κ3) is 2.08. The van der Waals surface area contributed by atoms with E-state index in [0.29, 0.717) is 12.5 Å². The minimum absolute atomic E-state index is 0.331. The second-order valence-electron chi connectivity index (χ2n) is 3.44. The Labute approximate surface area is 73.0 Å².